The molecule has 1 N–H and O–H groups in total. The third kappa shape index (κ3) is 19.0. The van der Waals surface area contributed by atoms with E-state index in [1.54, 1.807) is 21.0 Å². The molecule has 0 atom stereocenters. The number of allylic oxidation sites excluding steroid dienone is 6. The monoisotopic (exact) mass is 620 g/mol. The number of rotatable bonds is 11. The van der Waals surface area contributed by atoms with Crippen LogP contribution in [0.4, 0.5) is 0 Å². The zero-order valence-electron chi connectivity index (χ0n) is 28.9. The van der Waals surface area contributed by atoms with Gasteiger partial charge in [0.15, 0.2) is 0 Å². The molecule has 0 unspecified atom stereocenters. The lowest BCUT2D eigenvalue weighted by atomic mass is 10.1. The van der Waals surface area contributed by atoms with Gasteiger partial charge < -0.3 is 14.6 Å². The lowest BCUT2D eigenvalue weighted by Crippen LogP contribution is -2.05. The van der Waals surface area contributed by atoms with Crippen LogP contribution in [-0.2, 0) is 14.3 Å². The number of esters is 1. The van der Waals surface area contributed by atoms with Crippen LogP contribution in [-0.4, -0.2) is 38.0 Å². The summed E-state index contributed by atoms with van der Waals surface area (Å²) in [6, 6.07) is 30.5. The number of carbonyl (C=O) groups excluding carboxylic acids is 1. The summed E-state index contributed by atoms with van der Waals surface area (Å²) in [5.41, 5.74) is 9.81. The molecule has 0 saturated carbocycles. The molecule has 0 bridgehead atoms. The Morgan fingerprint density at radius 3 is 1.33 bits per heavy atom. The van der Waals surface area contributed by atoms with E-state index >= 15 is 0 Å². The van der Waals surface area contributed by atoms with Gasteiger partial charge in [-0.3, -0.25) is 0 Å². The minimum absolute atomic E-state index is 0.125. The molecular weight excluding hydrogens is 568 g/mol. The first kappa shape index (κ1) is 39.5. The minimum Gasteiger partial charge on any atom is -0.463 e. The molecular formula is C42H52O4. The summed E-state index contributed by atoms with van der Waals surface area (Å²) >= 11 is 0. The molecule has 0 heterocycles. The molecule has 0 radical (unpaired) electrons. The van der Waals surface area contributed by atoms with Gasteiger partial charge in [0.1, 0.15) is 0 Å². The SMILES string of the molecule is CC(=C\c1ccccc1)/C=C(\C)CO.CCOC(=O)/C(C)=C/C(C)=C/c1ccccc1.COC/C(C)=C/C(C)=C/c1ccccc1. The van der Waals surface area contributed by atoms with Gasteiger partial charge in [0.2, 0.25) is 0 Å². The van der Waals surface area contributed by atoms with Crippen molar-refractivity contribution in [2.24, 2.45) is 0 Å². The number of hydrogen-bond acceptors (Lipinski definition) is 4. The van der Waals surface area contributed by atoms with Gasteiger partial charge >= 0.3 is 5.97 Å². The molecule has 0 saturated heterocycles. The molecule has 0 aliphatic rings. The van der Waals surface area contributed by atoms with Gasteiger partial charge in [-0.1, -0.05) is 138 Å². The standard InChI is InChI=1S/C15H18O2.C14H18O.C13H16O/c1-4-17-15(16)13(3)10-12(2)11-14-8-6-5-7-9-14;1-12(9-13(2)11-15-3)10-14-7-5-4-6-8-14;1-11(8-12(2)10-14)9-13-6-4-3-5-7-13/h5-11H,4H2,1-3H3;4-10H,11H2,1-3H3;3-9,14H,10H2,1-2H3/b12-11+,13-10+;12-10+,13-9+;11-9+,12-8+. The zero-order chi connectivity index (χ0) is 34.2. The van der Waals surface area contributed by atoms with E-state index in [2.05, 4.69) is 56.3 Å². The quantitative estimate of drug-likeness (QED) is 0.132. The molecule has 244 valence electrons. The van der Waals surface area contributed by atoms with Crippen LogP contribution in [0.1, 0.15) is 65.2 Å². The van der Waals surface area contributed by atoms with E-state index in [9.17, 15) is 4.79 Å². The average molecular weight is 621 g/mol. The molecule has 0 aliphatic carbocycles. The number of methoxy groups -OCH3 is 1. The summed E-state index contributed by atoms with van der Waals surface area (Å²) in [6.45, 7) is 14.9. The second-order valence-electron chi connectivity index (χ2n) is 11.0. The first-order chi connectivity index (χ1) is 22.1. The van der Waals surface area contributed by atoms with Gasteiger partial charge in [0.05, 0.1) is 19.8 Å². The van der Waals surface area contributed by atoms with Crippen molar-refractivity contribution in [2.75, 3.05) is 26.9 Å². The van der Waals surface area contributed by atoms with E-state index in [0.717, 1.165) is 22.3 Å². The lowest BCUT2D eigenvalue weighted by Gasteiger charge is -2.01. The highest BCUT2D eigenvalue weighted by atomic mass is 16.5. The average Bonchev–Trinajstić information content (AvgIpc) is 3.03. The van der Waals surface area contributed by atoms with Crippen molar-refractivity contribution < 1.29 is 19.4 Å². The summed E-state index contributed by atoms with van der Waals surface area (Å²) in [6.07, 6.45) is 12.3. The maximum atomic E-state index is 11.4. The fourth-order valence-corrected chi connectivity index (χ4v) is 4.30. The molecule has 3 rings (SSSR count). The van der Waals surface area contributed by atoms with Crippen molar-refractivity contribution in [3.63, 3.8) is 0 Å². The number of benzene rings is 3. The molecule has 46 heavy (non-hydrogen) atoms. The third-order valence-corrected chi connectivity index (χ3v) is 6.19. The Balaban J connectivity index is 0.000000347. The van der Waals surface area contributed by atoms with E-state index in [-0.39, 0.29) is 12.6 Å². The van der Waals surface area contributed by atoms with Gasteiger partial charge in [-0.2, -0.15) is 0 Å². The Morgan fingerprint density at radius 1 is 0.609 bits per heavy atom. The van der Waals surface area contributed by atoms with Crippen LogP contribution in [0.25, 0.3) is 18.2 Å². The van der Waals surface area contributed by atoms with Crippen molar-refractivity contribution in [1.29, 1.82) is 0 Å². The second kappa shape index (κ2) is 23.8. The predicted molar refractivity (Wildman–Crippen MR) is 197 cm³/mol. The molecule has 0 fully saturated rings. The fourth-order valence-electron chi connectivity index (χ4n) is 4.30. The van der Waals surface area contributed by atoms with Crippen molar-refractivity contribution in [1.82, 2.24) is 0 Å². The zero-order valence-corrected chi connectivity index (χ0v) is 28.9. The van der Waals surface area contributed by atoms with E-state index < -0.39 is 0 Å². The summed E-state index contributed by atoms with van der Waals surface area (Å²) < 4.78 is 9.98. The van der Waals surface area contributed by atoms with Crippen molar-refractivity contribution in [3.8, 4) is 0 Å². The van der Waals surface area contributed by atoms with Crippen LogP contribution in [0.3, 0.4) is 0 Å². The number of aliphatic hydroxyl groups excluding tert-OH is 1. The van der Waals surface area contributed by atoms with E-state index in [4.69, 9.17) is 14.6 Å². The van der Waals surface area contributed by atoms with Crippen molar-refractivity contribution in [2.45, 2.75) is 48.5 Å². The Kier molecular flexibility index (Phi) is 20.5. The van der Waals surface area contributed by atoms with Crippen LogP contribution in [0.5, 0.6) is 0 Å². The highest BCUT2D eigenvalue weighted by Crippen LogP contribution is 2.11. The summed E-state index contributed by atoms with van der Waals surface area (Å²) in [4.78, 5) is 11.4. The number of ether oxygens (including phenoxy) is 2. The van der Waals surface area contributed by atoms with Gasteiger partial charge in [-0.15, -0.1) is 0 Å². The van der Waals surface area contributed by atoms with E-state index in [1.165, 1.54) is 22.3 Å². The Morgan fingerprint density at radius 2 is 0.978 bits per heavy atom. The minimum atomic E-state index is -0.256. The molecule has 0 aliphatic heterocycles. The van der Waals surface area contributed by atoms with Crippen molar-refractivity contribution in [3.05, 3.63) is 159 Å². The maximum absolute atomic E-state index is 11.4. The van der Waals surface area contributed by atoms with Gasteiger partial charge in [-0.25, -0.2) is 4.79 Å². The molecule has 3 aromatic rings. The first-order valence-corrected chi connectivity index (χ1v) is 15.6. The number of hydrogen-bond donors (Lipinski definition) is 1. The molecule has 3 aromatic carbocycles. The van der Waals surface area contributed by atoms with Gasteiger partial charge in [0, 0.05) is 12.7 Å². The number of aliphatic hydroxyl groups is 1. The van der Waals surface area contributed by atoms with Crippen LogP contribution in [0.2, 0.25) is 0 Å². The van der Waals surface area contributed by atoms with Crippen LogP contribution in [0, 0.1) is 0 Å². The fraction of sp³-hybridized carbons (Fsp3) is 0.262. The molecule has 0 amide bonds. The Hall–Kier alpha value is -4.51. The Labute approximate surface area is 277 Å². The largest absolute Gasteiger partial charge is 0.463 e. The number of carbonyl (C=O) groups is 1. The van der Waals surface area contributed by atoms with Crippen LogP contribution >= 0.6 is 0 Å². The van der Waals surface area contributed by atoms with Gasteiger partial charge in [-0.05, 0) is 82.4 Å². The maximum Gasteiger partial charge on any atom is 0.333 e. The van der Waals surface area contributed by atoms with Crippen LogP contribution < -0.4 is 0 Å². The topological polar surface area (TPSA) is 55.8 Å². The smallest absolute Gasteiger partial charge is 0.333 e. The van der Waals surface area contributed by atoms with Crippen molar-refractivity contribution >= 4 is 24.2 Å². The van der Waals surface area contributed by atoms with E-state index in [1.807, 2.05) is 106 Å². The molecule has 0 spiro atoms. The normalized spacial score (nSPS) is 12.8. The lowest BCUT2D eigenvalue weighted by molar-refractivity contribution is -0.138. The summed E-state index contributed by atoms with van der Waals surface area (Å²) in [5, 5.41) is 8.85. The molecule has 4 heteroatoms. The summed E-state index contributed by atoms with van der Waals surface area (Å²) in [7, 11) is 1.72. The molecule has 4 nitrogen and oxygen atoms in total. The third-order valence-electron chi connectivity index (χ3n) is 6.19. The summed E-state index contributed by atoms with van der Waals surface area (Å²) in [5.74, 6) is -0.256. The van der Waals surface area contributed by atoms with Crippen LogP contribution in [0.15, 0.2) is 143 Å². The Bertz CT molecular complexity index is 1470. The predicted octanol–water partition coefficient (Wildman–Crippen LogP) is 10.3. The second-order valence-corrected chi connectivity index (χ2v) is 11.0. The molecule has 0 aromatic heterocycles. The highest BCUT2D eigenvalue weighted by molar-refractivity contribution is 5.88. The first-order valence-electron chi connectivity index (χ1n) is 15.6. The van der Waals surface area contributed by atoms with Gasteiger partial charge in [0.25, 0.3) is 0 Å². The highest BCUT2D eigenvalue weighted by Gasteiger charge is 2.03. The van der Waals surface area contributed by atoms with E-state index in [0.29, 0.717) is 18.8 Å².